The molecule has 23 heavy (non-hydrogen) atoms. The number of benzene rings is 1. The average Bonchev–Trinajstić information content (AvgIpc) is 3.15. The first-order chi connectivity index (χ1) is 11.0. The van der Waals surface area contributed by atoms with E-state index in [1.807, 2.05) is 0 Å². The lowest BCUT2D eigenvalue weighted by atomic mass is 9.78. The monoisotopic (exact) mass is 318 g/mol. The second-order valence-corrected chi connectivity index (χ2v) is 6.26. The predicted molar refractivity (Wildman–Crippen MR) is 81.0 cm³/mol. The number of anilines is 1. The third-order valence-corrected chi connectivity index (χ3v) is 5.16. The van der Waals surface area contributed by atoms with Crippen LogP contribution in [0.2, 0.25) is 0 Å². The van der Waals surface area contributed by atoms with Crippen LogP contribution in [0.5, 0.6) is 11.5 Å². The van der Waals surface area contributed by atoms with Gasteiger partial charge in [0.05, 0.1) is 19.9 Å². The molecule has 1 amide bonds. The van der Waals surface area contributed by atoms with Crippen LogP contribution in [0.4, 0.5) is 5.69 Å². The SMILES string of the molecule is COc1ccc(OC)c(NC(=O)[C@H]2[C@H]3CC[C@@H](C3)[C@@H]2C(=O)[O-])c1. The van der Waals surface area contributed by atoms with Crippen molar-refractivity contribution >= 4 is 17.6 Å². The van der Waals surface area contributed by atoms with Crippen molar-refractivity contribution in [2.45, 2.75) is 19.3 Å². The molecule has 6 heteroatoms. The van der Waals surface area contributed by atoms with Gasteiger partial charge >= 0.3 is 0 Å². The molecule has 124 valence electrons. The maximum atomic E-state index is 12.7. The third kappa shape index (κ3) is 2.73. The smallest absolute Gasteiger partial charge is 0.228 e. The topological polar surface area (TPSA) is 87.7 Å². The average molecular weight is 318 g/mol. The van der Waals surface area contributed by atoms with Crippen molar-refractivity contribution in [1.82, 2.24) is 0 Å². The highest BCUT2D eigenvalue weighted by molar-refractivity contribution is 5.97. The summed E-state index contributed by atoms with van der Waals surface area (Å²) >= 11 is 0. The number of ether oxygens (including phenoxy) is 2. The Morgan fingerprint density at radius 2 is 1.83 bits per heavy atom. The summed E-state index contributed by atoms with van der Waals surface area (Å²) in [6.07, 6.45) is 2.57. The van der Waals surface area contributed by atoms with Gasteiger partial charge in [0.1, 0.15) is 11.5 Å². The van der Waals surface area contributed by atoms with Gasteiger partial charge in [0.15, 0.2) is 0 Å². The van der Waals surface area contributed by atoms with Gasteiger partial charge in [-0.15, -0.1) is 0 Å². The van der Waals surface area contributed by atoms with Crippen molar-refractivity contribution < 1.29 is 24.2 Å². The van der Waals surface area contributed by atoms with Crippen LogP contribution in [-0.4, -0.2) is 26.1 Å². The molecule has 1 N–H and O–H groups in total. The summed E-state index contributed by atoms with van der Waals surface area (Å²) in [6.45, 7) is 0. The van der Waals surface area contributed by atoms with Gasteiger partial charge in [0, 0.05) is 23.9 Å². The van der Waals surface area contributed by atoms with Gasteiger partial charge in [-0.05, 0) is 43.2 Å². The van der Waals surface area contributed by atoms with Crippen molar-refractivity contribution in [3.05, 3.63) is 18.2 Å². The van der Waals surface area contributed by atoms with E-state index in [1.54, 1.807) is 18.2 Å². The molecule has 6 nitrogen and oxygen atoms in total. The van der Waals surface area contributed by atoms with Crippen LogP contribution in [0.15, 0.2) is 18.2 Å². The van der Waals surface area contributed by atoms with E-state index >= 15 is 0 Å². The first kappa shape index (κ1) is 15.6. The molecule has 4 atom stereocenters. The normalized spacial score (nSPS) is 28.4. The van der Waals surface area contributed by atoms with Crippen LogP contribution in [0, 0.1) is 23.7 Å². The number of carbonyl (C=O) groups is 2. The second kappa shape index (κ2) is 6.10. The van der Waals surface area contributed by atoms with E-state index in [1.165, 1.54) is 14.2 Å². The molecule has 2 saturated carbocycles. The number of rotatable bonds is 5. The highest BCUT2D eigenvalue weighted by atomic mass is 16.5. The van der Waals surface area contributed by atoms with Crippen molar-refractivity contribution in [3.63, 3.8) is 0 Å². The number of amides is 1. The van der Waals surface area contributed by atoms with Gasteiger partial charge in [-0.1, -0.05) is 0 Å². The van der Waals surface area contributed by atoms with E-state index in [4.69, 9.17) is 9.47 Å². The van der Waals surface area contributed by atoms with Crippen LogP contribution in [-0.2, 0) is 9.59 Å². The Bertz CT molecular complexity index is 629. The molecule has 2 bridgehead atoms. The number of nitrogens with one attached hydrogen (secondary N) is 1. The lowest BCUT2D eigenvalue weighted by molar-refractivity contribution is -0.314. The number of hydrogen-bond acceptors (Lipinski definition) is 5. The van der Waals surface area contributed by atoms with Gasteiger partial charge in [0.25, 0.3) is 0 Å². The lowest BCUT2D eigenvalue weighted by Gasteiger charge is -2.30. The number of methoxy groups -OCH3 is 2. The molecule has 0 saturated heterocycles. The number of carboxylic acid groups (broad SMARTS) is 1. The van der Waals surface area contributed by atoms with Gasteiger partial charge in [0.2, 0.25) is 5.91 Å². The minimum atomic E-state index is -1.12. The zero-order valence-electron chi connectivity index (χ0n) is 13.2. The molecule has 2 fully saturated rings. The second-order valence-electron chi connectivity index (χ2n) is 6.26. The van der Waals surface area contributed by atoms with E-state index in [2.05, 4.69) is 5.32 Å². The Labute approximate surface area is 134 Å². The first-order valence-electron chi connectivity index (χ1n) is 7.79. The van der Waals surface area contributed by atoms with Crippen LogP contribution < -0.4 is 19.9 Å². The Hall–Kier alpha value is -2.24. The first-order valence-corrected chi connectivity index (χ1v) is 7.79. The summed E-state index contributed by atoms with van der Waals surface area (Å²) in [5.74, 6) is -1.34. The number of carboxylic acids is 1. The molecule has 3 rings (SSSR count). The van der Waals surface area contributed by atoms with E-state index < -0.39 is 17.8 Å². The molecule has 0 spiro atoms. The predicted octanol–water partition coefficient (Wildman–Crippen LogP) is 1.05. The van der Waals surface area contributed by atoms with Crippen molar-refractivity contribution in [2.75, 3.05) is 19.5 Å². The minimum Gasteiger partial charge on any atom is -0.550 e. The molecule has 2 aliphatic carbocycles. The molecule has 0 aromatic heterocycles. The van der Waals surface area contributed by atoms with Crippen molar-refractivity contribution in [1.29, 1.82) is 0 Å². The number of fused-ring (bicyclic) bond motifs is 2. The van der Waals surface area contributed by atoms with Gasteiger partial charge in [-0.25, -0.2) is 0 Å². The van der Waals surface area contributed by atoms with Crippen LogP contribution in [0.1, 0.15) is 19.3 Å². The summed E-state index contributed by atoms with van der Waals surface area (Å²) in [4.78, 5) is 24.1. The lowest BCUT2D eigenvalue weighted by Crippen LogP contribution is -2.44. The standard InChI is InChI=1S/C17H21NO5/c1-22-11-5-6-13(23-2)12(8-11)18-16(19)14-9-3-4-10(7-9)15(14)17(20)21/h5-6,8-10,14-15H,3-4,7H2,1-2H3,(H,18,19)(H,20,21)/p-1/t9-,10-,14-,15-/m0/s1. The van der Waals surface area contributed by atoms with Crippen molar-refractivity contribution in [3.8, 4) is 11.5 Å². The largest absolute Gasteiger partial charge is 0.550 e. The Morgan fingerprint density at radius 1 is 1.13 bits per heavy atom. The van der Waals surface area contributed by atoms with Gasteiger partial charge in [-0.3, -0.25) is 4.79 Å². The zero-order chi connectivity index (χ0) is 16.6. The third-order valence-electron chi connectivity index (χ3n) is 5.16. The van der Waals surface area contributed by atoms with Crippen LogP contribution in [0.3, 0.4) is 0 Å². The molecular formula is C17H20NO5-. The summed E-state index contributed by atoms with van der Waals surface area (Å²) in [7, 11) is 3.05. The maximum Gasteiger partial charge on any atom is 0.228 e. The number of hydrogen-bond donors (Lipinski definition) is 1. The Morgan fingerprint density at radius 3 is 2.43 bits per heavy atom. The van der Waals surface area contributed by atoms with E-state index in [0.717, 1.165) is 19.3 Å². The van der Waals surface area contributed by atoms with Crippen LogP contribution >= 0.6 is 0 Å². The fraction of sp³-hybridized carbons (Fsp3) is 0.529. The zero-order valence-corrected chi connectivity index (χ0v) is 13.2. The van der Waals surface area contributed by atoms with Crippen LogP contribution in [0.25, 0.3) is 0 Å². The molecule has 0 aliphatic heterocycles. The maximum absolute atomic E-state index is 12.7. The Balaban J connectivity index is 1.83. The summed E-state index contributed by atoms with van der Waals surface area (Å²) < 4.78 is 10.4. The molecule has 0 radical (unpaired) electrons. The van der Waals surface area contributed by atoms with E-state index in [-0.39, 0.29) is 17.7 Å². The summed E-state index contributed by atoms with van der Waals surface area (Å²) in [5.41, 5.74) is 0.483. The summed E-state index contributed by atoms with van der Waals surface area (Å²) in [5, 5.41) is 14.3. The van der Waals surface area contributed by atoms with Crippen molar-refractivity contribution in [2.24, 2.45) is 23.7 Å². The highest BCUT2D eigenvalue weighted by Crippen LogP contribution is 2.52. The quantitative estimate of drug-likeness (QED) is 0.877. The minimum absolute atomic E-state index is 0.0629. The van der Waals surface area contributed by atoms with Gasteiger partial charge < -0.3 is 24.7 Å². The highest BCUT2D eigenvalue weighted by Gasteiger charge is 2.51. The summed E-state index contributed by atoms with van der Waals surface area (Å²) in [6, 6.07) is 5.10. The number of carbonyl (C=O) groups excluding carboxylic acids is 2. The fourth-order valence-corrected chi connectivity index (χ4v) is 4.14. The van der Waals surface area contributed by atoms with E-state index in [0.29, 0.717) is 17.2 Å². The van der Waals surface area contributed by atoms with E-state index in [9.17, 15) is 14.7 Å². The fourth-order valence-electron chi connectivity index (χ4n) is 4.14. The molecular weight excluding hydrogens is 298 g/mol. The molecule has 2 aliphatic rings. The molecule has 0 unspecified atom stereocenters. The van der Waals surface area contributed by atoms with Gasteiger partial charge in [-0.2, -0.15) is 0 Å². The number of aliphatic carboxylic acids is 1. The molecule has 1 aromatic carbocycles. The molecule has 0 heterocycles. The Kier molecular flexibility index (Phi) is 4.15. The molecule has 1 aromatic rings.